The van der Waals surface area contributed by atoms with Crippen LogP contribution in [0.3, 0.4) is 0 Å². The Hall–Kier alpha value is -0.660. The minimum atomic E-state index is -0.908. The van der Waals surface area contributed by atoms with E-state index in [1.165, 1.54) is 11.5 Å². The number of nitrogens with zero attached hydrogens (tertiary/aromatic N) is 3. The van der Waals surface area contributed by atoms with Gasteiger partial charge in [-0.25, -0.2) is 4.98 Å². The number of carbonyl (C=O) groups excluding carboxylic acids is 1. The van der Waals surface area contributed by atoms with Crippen LogP contribution in [-0.4, -0.2) is 25.9 Å². The third-order valence-electron chi connectivity index (χ3n) is 1.65. The number of thiol groups is 2. The fraction of sp³-hybridized carbons (Fsp3) is 0.143. The van der Waals surface area contributed by atoms with Gasteiger partial charge in [0.1, 0.15) is 5.52 Å². The van der Waals surface area contributed by atoms with Crippen LogP contribution in [0.5, 0.6) is 0 Å². The highest BCUT2D eigenvalue weighted by Gasteiger charge is 2.10. The molecule has 0 spiro atoms. The van der Waals surface area contributed by atoms with Crippen LogP contribution in [0.1, 0.15) is 10.4 Å². The van der Waals surface area contributed by atoms with Gasteiger partial charge in [-0.3, -0.25) is 4.79 Å². The normalized spacial score (nSPS) is 14.3. The van der Waals surface area contributed by atoms with Gasteiger partial charge in [0.25, 0.3) is 0 Å². The fourth-order valence-electron chi connectivity index (χ4n) is 0.989. The minimum Gasteiger partial charge on any atom is -0.283 e. The average molecular weight is 245 g/mol. The lowest BCUT2D eigenvalue weighted by molar-refractivity contribution is 0.108. The molecule has 0 saturated heterocycles. The van der Waals surface area contributed by atoms with Gasteiger partial charge in [-0.05, 0) is 12.3 Å². The topological polar surface area (TPSA) is 55.7 Å². The van der Waals surface area contributed by atoms with Crippen LogP contribution in [0.25, 0.3) is 10.3 Å². The first-order chi connectivity index (χ1) is 6.68. The first-order valence-corrected chi connectivity index (χ1v) is 7.45. The van der Waals surface area contributed by atoms with E-state index >= 15 is 0 Å². The Morgan fingerprint density at radius 2 is 2.43 bits per heavy atom. The Morgan fingerprint density at radius 1 is 1.64 bits per heavy atom. The molecule has 14 heavy (non-hydrogen) atoms. The quantitative estimate of drug-likeness (QED) is 0.593. The van der Waals surface area contributed by atoms with Gasteiger partial charge >= 0.3 is 0 Å². The van der Waals surface area contributed by atoms with Gasteiger partial charge in [0.2, 0.25) is 5.12 Å². The zero-order valence-corrected chi connectivity index (χ0v) is 9.81. The molecule has 0 fully saturated rings. The highest BCUT2D eigenvalue weighted by Crippen LogP contribution is 2.30. The maximum absolute atomic E-state index is 11.6. The summed E-state index contributed by atoms with van der Waals surface area (Å²) in [5.74, 6) is 0. The van der Waals surface area contributed by atoms with Crippen molar-refractivity contribution in [3.8, 4) is 0 Å². The number of carbonyl (C=O) groups is 1. The molecular weight excluding hydrogens is 238 g/mol. The molecule has 0 radical (unpaired) electrons. The van der Waals surface area contributed by atoms with Crippen LogP contribution in [0, 0.1) is 0 Å². The van der Waals surface area contributed by atoms with E-state index in [-0.39, 0.29) is 5.12 Å². The Kier molecular flexibility index (Phi) is 2.71. The van der Waals surface area contributed by atoms with E-state index in [2.05, 4.69) is 26.2 Å². The number of hydrogen-bond acceptors (Lipinski definition) is 6. The summed E-state index contributed by atoms with van der Waals surface area (Å²) >= 11 is 5.36. The molecule has 2 rings (SSSR count). The number of fused-ring (bicyclic) bond motifs is 1. The van der Waals surface area contributed by atoms with Crippen molar-refractivity contribution < 1.29 is 4.79 Å². The maximum atomic E-state index is 11.6. The second-order valence-corrected chi connectivity index (χ2v) is 6.64. The number of aromatic nitrogens is 3. The molecule has 2 aromatic rings. The average Bonchev–Trinajstić information content (AvgIpc) is 2.62. The fourth-order valence-corrected chi connectivity index (χ4v) is 2.33. The third-order valence-corrected chi connectivity index (χ3v) is 3.69. The SMILES string of the molecule is C[SH](S)C(=O)c1cnc2snnc2c1. The molecule has 2 heterocycles. The van der Waals surface area contributed by atoms with Gasteiger partial charge in [-0.15, -0.1) is 26.7 Å². The molecule has 4 nitrogen and oxygen atoms in total. The lowest BCUT2D eigenvalue weighted by Crippen LogP contribution is -1.96. The van der Waals surface area contributed by atoms with Gasteiger partial charge in [-0.2, -0.15) is 0 Å². The van der Waals surface area contributed by atoms with Crippen molar-refractivity contribution in [1.82, 2.24) is 14.6 Å². The molecule has 0 amide bonds. The molecule has 0 saturated carbocycles. The number of pyridine rings is 1. The van der Waals surface area contributed by atoms with E-state index < -0.39 is 9.93 Å². The van der Waals surface area contributed by atoms with Crippen molar-refractivity contribution in [3.63, 3.8) is 0 Å². The van der Waals surface area contributed by atoms with Crippen molar-refractivity contribution in [2.45, 2.75) is 0 Å². The number of hydrogen-bond donors (Lipinski definition) is 2. The first kappa shape index (κ1) is 9.88. The molecule has 74 valence electrons. The summed E-state index contributed by atoms with van der Waals surface area (Å²) < 4.78 is 3.75. The highest BCUT2D eigenvalue weighted by atomic mass is 33.1. The first-order valence-electron chi connectivity index (χ1n) is 3.73. The van der Waals surface area contributed by atoms with Crippen LogP contribution in [0.2, 0.25) is 0 Å². The van der Waals surface area contributed by atoms with E-state index in [0.29, 0.717) is 11.1 Å². The van der Waals surface area contributed by atoms with Gasteiger partial charge in [-0.1, -0.05) is 4.49 Å². The monoisotopic (exact) mass is 245 g/mol. The van der Waals surface area contributed by atoms with E-state index in [4.69, 9.17) is 0 Å². The number of rotatable bonds is 1. The second-order valence-electron chi connectivity index (χ2n) is 2.65. The molecule has 0 aliphatic heterocycles. The summed E-state index contributed by atoms with van der Waals surface area (Å²) in [4.78, 5) is 16.4. The zero-order valence-electron chi connectivity index (χ0n) is 7.21. The lowest BCUT2D eigenvalue weighted by atomic mass is 10.3. The van der Waals surface area contributed by atoms with Crippen LogP contribution in [0.15, 0.2) is 12.3 Å². The molecule has 0 N–H and O–H groups in total. The van der Waals surface area contributed by atoms with Gasteiger partial charge in [0.05, 0.1) is 0 Å². The molecule has 0 bridgehead atoms. The van der Waals surface area contributed by atoms with Crippen LogP contribution < -0.4 is 0 Å². The summed E-state index contributed by atoms with van der Waals surface area (Å²) in [5, 5.41) is 3.88. The molecular formula is C7H7N3OS3. The third kappa shape index (κ3) is 1.75. The molecule has 2 aromatic heterocycles. The maximum Gasteiger partial charge on any atom is 0.209 e. The Labute approximate surface area is 92.1 Å². The Balaban J connectivity index is 2.48. The summed E-state index contributed by atoms with van der Waals surface area (Å²) in [5.41, 5.74) is 1.24. The van der Waals surface area contributed by atoms with Crippen LogP contribution in [0.4, 0.5) is 0 Å². The zero-order chi connectivity index (χ0) is 10.1. The Morgan fingerprint density at radius 3 is 3.14 bits per heavy atom. The Bertz CT molecular complexity index is 482. The predicted molar refractivity (Wildman–Crippen MR) is 63.4 cm³/mol. The molecule has 1 unspecified atom stereocenters. The van der Waals surface area contributed by atoms with E-state index in [9.17, 15) is 4.79 Å². The van der Waals surface area contributed by atoms with Gasteiger partial charge < -0.3 is 0 Å². The van der Waals surface area contributed by atoms with Crippen molar-refractivity contribution in [2.75, 3.05) is 6.26 Å². The summed E-state index contributed by atoms with van der Waals surface area (Å²) in [6, 6.07) is 1.71. The summed E-state index contributed by atoms with van der Waals surface area (Å²) in [6.45, 7) is 0. The van der Waals surface area contributed by atoms with E-state index in [1.807, 2.05) is 0 Å². The van der Waals surface area contributed by atoms with Crippen molar-refractivity contribution >= 4 is 48.6 Å². The smallest absolute Gasteiger partial charge is 0.209 e. The summed E-state index contributed by atoms with van der Waals surface area (Å²) in [6.07, 6.45) is 3.35. The van der Waals surface area contributed by atoms with E-state index in [1.54, 1.807) is 18.5 Å². The largest absolute Gasteiger partial charge is 0.283 e. The minimum absolute atomic E-state index is 0.0192. The molecule has 1 atom stereocenters. The van der Waals surface area contributed by atoms with Crippen molar-refractivity contribution in [3.05, 3.63) is 17.8 Å². The van der Waals surface area contributed by atoms with Gasteiger partial charge in [0.15, 0.2) is 4.83 Å². The summed E-state index contributed by atoms with van der Waals surface area (Å²) in [7, 11) is -0.908. The van der Waals surface area contributed by atoms with Gasteiger partial charge in [0, 0.05) is 23.3 Å². The van der Waals surface area contributed by atoms with Crippen molar-refractivity contribution in [1.29, 1.82) is 0 Å². The predicted octanol–water partition coefficient (Wildman–Crippen LogP) is 1.70. The van der Waals surface area contributed by atoms with E-state index in [0.717, 1.165) is 4.83 Å². The van der Waals surface area contributed by atoms with Crippen LogP contribution in [-0.2, 0) is 0 Å². The lowest BCUT2D eigenvalue weighted by Gasteiger charge is -2.05. The second kappa shape index (κ2) is 3.84. The molecule has 0 aliphatic carbocycles. The highest BCUT2D eigenvalue weighted by molar-refractivity contribution is 8.84. The van der Waals surface area contributed by atoms with Crippen molar-refractivity contribution in [2.24, 2.45) is 0 Å². The molecule has 7 heteroatoms. The molecule has 0 aliphatic rings. The van der Waals surface area contributed by atoms with Crippen LogP contribution >= 0.6 is 33.1 Å². The standard InChI is InChI=1S/C7H7N3OS3/c1-14(12)7(11)4-2-5-6(8-3-4)13-10-9-5/h2-3,12,14H,1H3. The molecule has 0 aromatic carbocycles.